The average molecular weight is 326 g/mol. The normalized spacial score (nSPS) is 13.6. The quantitative estimate of drug-likeness (QED) is 0.866. The van der Waals surface area contributed by atoms with E-state index in [1.807, 2.05) is 0 Å². The summed E-state index contributed by atoms with van der Waals surface area (Å²) in [5.74, 6) is -0.0414. The van der Waals surface area contributed by atoms with Gasteiger partial charge in [-0.1, -0.05) is 6.07 Å². The molecule has 1 aliphatic heterocycles. The number of carbonyl (C=O) groups is 2. The van der Waals surface area contributed by atoms with Crippen molar-refractivity contribution in [3.05, 3.63) is 47.9 Å². The number of ether oxygens (including phenoxy) is 1. The number of nitrogens with one attached hydrogen (secondary N) is 1. The number of hydrogen-bond acceptors (Lipinski definition) is 6. The third-order valence-corrected chi connectivity index (χ3v) is 3.86. The van der Waals surface area contributed by atoms with Crippen molar-refractivity contribution in [2.75, 3.05) is 30.4 Å². The highest BCUT2D eigenvalue weighted by atomic mass is 16.5. The lowest BCUT2D eigenvalue weighted by Gasteiger charge is -2.16. The van der Waals surface area contributed by atoms with E-state index in [1.165, 1.54) is 13.4 Å². The third kappa shape index (κ3) is 3.51. The lowest BCUT2D eigenvalue weighted by atomic mass is 10.2. The van der Waals surface area contributed by atoms with Gasteiger partial charge in [-0.25, -0.2) is 14.8 Å². The molecule has 24 heavy (non-hydrogen) atoms. The summed E-state index contributed by atoms with van der Waals surface area (Å²) in [5, 5.41) is 2.74. The fourth-order valence-corrected chi connectivity index (χ4v) is 2.63. The zero-order valence-corrected chi connectivity index (χ0v) is 13.4. The molecule has 124 valence electrons. The van der Waals surface area contributed by atoms with Gasteiger partial charge in [0.25, 0.3) is 5.91 Å². The van der Waals surface area contributed by atoms with Gasteiger partial charge in [0, 0.05) is 24.8 Å². The van der Waals surface area contributed by atoms with Gasteiger partial charge in [0.1, 0.15) is 17.8 Å². The van der Waals surface area contributed by atoms with Crippen molar-refractivity contribution >= 4 is 23.4 Å². The Hall–Kier alpha value is -2.96. The van der Waals surface area contributed by atoms with Crippen molar-refractivity contribution in [1.82, 2.24) is 9.97 Å². The van der Waals surface area contributed by atoms with Gasteiger partial charge < -0.3 is 15.0 Å². The number of amides is 1. The summed E-state index contributed by atoms with van der Waals surface area (Å²) in [6.07, 6.45) is 3.66. The first-order valence-corrected chi connectivity index (χ1v) is 7.74. The standard InChI is InChI=1S/C17H18N4O3/c1-24-17(23)12-5-4-6-13(9-12)20-16(22)14-10-15(19-11-18-14)21-7-2-3-8-21/h4-6,9-11H,2-3,7-8H2,1H3,(H,20,22). The average Bonchev–Trinajstić information content (AvgIpc) is 3.16. The number of hydrogen-bond donors (Lipinski definition) is 1. The first-order chi connectivity index (χ1) is 11.7. The van der Waals surface area contributed by atoms with Gasteiger partial charge in [0.15, 0.2) is 0 Å². The first kappa shape index (κ1) is 15.9. The minimum atomic E-state index is -0.454. The fourth-order valence-electron chi connectivity index (χ4n) is 2.63. The number of rotatable bonds is 4. The first-order valence-electron chi connectivity index (χ1n) is 7.74. The highest BCUT2D eigenvalue weighted by Crippen LogP contribution is 2.18. The maximum absolute atomic E-state index is 12.4. The van der Waals surface area contributed by atoms with E-state index in [2.05, 4.69) is 24.9 Å². The summed E-state index contributed by atoms with van der Waals surface area (Å²) in [4.78, 5) is 34.4. The lowest BCUT2D eigenvalue weighted by Crippen LogP contribution is -2.21. The molecule has 0 atom stereocenters. The molecule has 3 rings (SSSR count). The molecule has 0 aliphatic carbocycles. The second-order valence-corrected chi connectivity index (χ2v) is 5.48. The van der Waals surface area contributed by atoms with Crippen LogP contribution in [0, 0.1) is 0 Å². The second-order valence-electron chi connectivity index (χ2n) is 5.48. The molecule has 1 aliphatic rings. The molecule has 2 heterocycles. The molecule has 0 spiro atoms. The van der Waals surface area contributed by atoms with Crippen LogP contribution in [0.5, 0.6) is 0 Å². The Bertz CT molecular complexity index is 757. The number of carbonyl (C=O) groups excluding carboxylic acids is 2. The van der Waals surface area contributed by atoms with Crippen LogP contribution in [-0.2, 0) is 4.74 Å². The predicted molar refractivity (Wildman–Crippen MR) is 89.2 cm³/mol. The lowest BCUT2D eigenvalue weighted by molar-refractivity contribution is 0.0600. The summed E-state index contributed by atoms with van der Waals surface area (Å²) in [7, 11) is 1.31. The Labute approximate surface area is 139 Å². The molecule has 1 saturated heterocycles. The fraction of sp³-hybridized carbons (Fsp3) is 0.294. The Morgan fingerprint density at radius 1 is 1.17 bits per heavy atom. The van der Waals surface area contributed by atoms with Crippen LogP contribution in [0.3, 0.4) is 0 Å². The molecular formula is C17H18N4O3. The third-order valence-electron chi connectivity index (χ3n) is 3.86. The second kappa shape index (κ2) is 7.08. The number of benzene rings is 1. The van der Waals surface area contributed by atoms with Crippen molar-refractivity contribution < 1.29 is 14.3 Å². The molecule has 1 aromatic heterocycles. The van der Waals surface area contributed by atoms with Gasteiger partial charge in [-0.15, -0.1) is 0 Å². The Kier molecular flexibility index (Phi) is 4.69. The number of aromatic nitrogens is 2. The van der Waals surface area contributed by atoms with Crippen LogP contribution in [0.4, 0.5) is 11.5 Å². The summed E-state index contributed by atoms with van der Waals surface area (Å²) >= 11 is 0. The van der Waals surface area contributed by atoms with Gasteiger partial charge in [-0.2, -0.15) is 0 Å². The van der Waals surface area contributed by atoms with Crippen molar-refractivity contribution in [1.29, 1.82) is 0 Å². The maximum atomic E-state index is 12.4. The number of anilines is 2. The summed E-state index contributed by atoms with van der Waals surface area (Å²) in [6.45, 7) is 1.89. The SMILES string of the molecule is COC(=O)c1cccc(NC(=O)c2cc(N3CCCC3)ncn2)c1. The van der Waals surface area contributed by atoms with Gasteiger partial charge >= 0.3 is 5.97 Å². The zero-order chi connectivity index (χ0) is 16.9. The van der Waals surface area contributed by atoms with Crippen molar-refractivity contribution in [3.63, 3.8) is 0 Å². The van der Waals surface area contributed by atoms with E-state index in [-0.39, 0.29) is 11.6 Å². The minimum absolute atomic E-state index is 0.287. The molecule has 7 nitrogen and oxygen atoms in total. The minimum Gasteiger partial charge on any atom is -0.465 e. The van der Waals surface area contributed by atoms with Crippen LogP contribution in [0.2, 0.25) is 0 Å². The highest BCUT2D eigenvalue weighted by molar-refractivity contribution is 6.03. The van der Waals surface area contributed by atoms with Crippen LogP contribution < -0.4 is 10.2 Å². The molecule has 0 bridgehead atoms. The van der Waals surface area contributed by atoms with Gasteiger partial charge in [-0.3, -0.25) is 4.79 Å². The van der Waals surface area contributed by atoms with E-state index in [9.17, 15) is 9.59 Å². The predicted octanol–water partition coefficient (Wildman–Crippen LogP) is 2.12. The summed E-state index contributed by atoms with van der Waals surface area (Å²) in [6, 6.07) is 8.25. The van der Waals surface area contributed by atoms with Crippen LogP contribution >= 0.6 is 0 Å². The molecule has 0 radical (unpaired) electrons. The van der Waals surface area contributed by atoms with Crippen molar-refractivity contribution in [2.45, 2.75) is 12.8 Å². The largest absolute Gasteiger partial charge is 0.465 e. The molecule has 2 aromatic rings. The van der Waals surface area contributed by atoms with Crippen molar-refractivity contribution in [2.24, 2.45) is 0 Å². The molecule has 1 amide bonds. The van der Waals surface area contributed by atoms with Crippen molar-refractivity contribution in [3.8, 4) is 0 Å². The topological polar surface area (TPSA) is 84.4 Å². The molecule has 1 aromatic carbocycles. The van der Waals surface area contributed by atoms with Crippen LogP contribution in [0.25, 0.3) is 0 Å². The zero-order valence-electron chi connectivity index (χ0n) is 13.4. The maximum Gasteiger partial charge on any atom is 0.337 e. The van der Waals surface area contributed by atoms with E-state index >= 15 is 0 Å². The summed E-state index contributed by atoms with van der Waals surface area (Å²) in [5.41, 5.74) is 1.16. The molecule has 0 unspecified atom stereocenters. The summed E-state index contributed by atoms with van der Waals surface area (Å²) < 4.78 is 4.68. The van der Waals surface area contributed by atoms with Gasteiger partial charge in [0.05, 0.1) is 12.7 Å². The monoisotopic (exact) mass is 326 g/mol. The highest BCUT2D eigenvalue weighted by Gasteiger charge is 2.16. The van der Waals surface area contributed by atoms with E-state index in [1.54, 1.807) is 30.3 Å². The Balaban J connectivity index is 1.75. The molecule has 7 heteroatoms. The molecular weight excluding hydrogens is 308 g/mol. The Morgan fingerprint density at radius 2 is 1.96 bits per heavy atom. The van der Waals surface area contributed by atoms with Crippen LogP contribution in [-0.4, -0.2) is 42.0 Å². The number of methoxy groups -OCH3 is 1. The van der Waals surface area contributed by atoms with E-state index in [0.717, 1.165) is 31.7 Å². The van der Waals surface area contributed by atoms with Gasteiger partial charge in [-0.05, 0) is 31.0 Å². The molecule has 1 fully saturated rings. The smallest absolute Gasteiger partial charge is 0.337 e. The Morgan fingerprint density at radius 3 is 2.71 bits per heavy atom. The van der Waals surface area contributed by atoms with Crippen LogP contribution in [0.15, 0.2) is 36.7 Å². The molecule has 1 N–H and O–H groups in total. The van der Waals surface area contributed by atoms with Gasteiger partial charge in [0.2, 0.25) is 0 Å². The number of esters is 1. The van der Waals surface area contributed by atoms with Crippen LogP contribution in [0.1, 0.15) is 33.7 Å². The van der Waals surface area contributed by atoms with E-state index in [0.29, 0.717) is 11.3 Å². The van der Waals surface area contributed by atoms with E-state index in [4.69, 9.17) is 0 Å². The van der Waals surface area contributed by atoms with E-state index < -0.39 is 5.97 Å². The molecule has 0 saturated carbocycles. The number of nitrogens with zero attached hydrogens (tertiary/aromatic N) is 3.